The van der Waals surface area contributed by atoms with Gasteiger partial charge in [-0.25, -0.2) is 4.98 Å². The van der Waals surface area contributed by atoms with Crippen molar-refractivity contribution in [3.8, 4) is 5.75 Å². The van der Waals surface area contributed by atoms with Crippen LogP contribution in [0, 0.1) is 6.92 Å². The molecule has 4 heteroatoms. The summed E-state index contributed by atoms with van der Waals surface area (Å²) in [5.41, 5.74) is 5.98. The summed E-state index contributed by atoms with van der Waals surface area (Å²) in [6.07, 6.45) is 1.89. The molecule has 0 N–H and O–H groups in total. The largest absolute Gasteiger partial charge is 0.482 e. The maximum absolute atomic E-state index is 6.40. The van der Waals surface area contributed by atoms with Crippen molar-refractivity contribution >= 4 is 27.0 Å². The van der Waals surface area contributed by atoms with Gasteiger partial charge in [-0.2, -0.15) is 0 Å². The third kappa shape index (κ3) is 3.22. The zero-order chi connectivity index (χ0) is 19.1. The first-order valence-corrected chi connectivity index (χ1v) is 10.4. The van der Waals surface area contributed by atoms with Crippen LogP contribution < -0.4 is 4.74 Å². The third-order valence-electron chi connectivity index (χ3n) is 5.40. The van der Waals surface area contributed by atoms with Crippen LogP contribution in [0.25, 0.3) is 11.0 Å². The van der Waals surface area contributed by atoms with Gasteiger partial charge in [0.05, 0.1) is 11.0 Å². The van der Waals surface area contributed by atoms with E-state index in [1.54, 1.807) is 0 Å². The lowest BCUT2D eigenvalue weighted by molar-refractivity contribution is 0.164. The van der Waals surface area contributed by atoms with Gasteiger partial charge in [0.25, 0.3) is 0 Å². The van der Waals surface area contributed by atoms with E-state index in [2.05, 4.69) is 82.0 Å². The number of halogens is 1. The smallest absolute Gasteiger partial charge is 0.157 e. The normalized spacial score (nSPS) is 16.0. The Morgan fingerprint density at radius 1 is 1.07 bits per heavy atom. The molecule has 0 bridgehead atoms. The topological polar surface area (TPSA) is 27.1 Å². The van der Waals surface area contributed by atoms with Crippen LogP contribution in [0.15, 0.2) is 71.2 Å². The maximum Gasteiger partial charge on any atom is 0.157 e. The van der Waals surface area contributed by atoms with Crippen LogP contribution in [0.2, 0.25) is 0 Å². The number of hydrogen-bond donors (Lipinski definition) is 0. The van der Waals surface area contributed by atoms with Gasteiger partial charge in [0, 0.05) is 11.0 Å². The van der Waals surface area contributed by atoms with E-state index in [0.29, 0.717) is 0 Å². The summed E-state index contributed by atoms with van der Waals surface area (Å²) in [6.45, 7) is 2.91. The molecule has 1 atom stereocenters. The summed E-state index contributed by atoms with van der Waals surface area (Å²) >= 11 is 3.56. The molecule has 0 fully saturated rings. The number of ether oxygens (including phenoxy) is 1. The lowest BCUT2D eigenvalue weighted by Crippen LogP contribution is -2.20. The molecule has 3 nitrogen and oxygen atoms in total. The van der Waals surface area contributed by atoms with Gasteiger partial charge in [-0.1, -0.05) is 57.9 Å². The third-order valence-corrected chi connectivity index (χ3v) is 5.89. The van der Waals surface area contributed by atoms with Gasteiger partial charge in [-0.3, -0.25) is 0 Å². The van der Waals surface area contributed by atoms with Gasteiger partial charge in [-0.05, 0) is 61.2 Å². The molecule has 1 aromatic heterocycles. The van der Waals surface area contributed by atoms with Crippen molar-refractivity contribution in [3.05, 3.63) is 93.7 Å². The fraction of sp³-hybridized carbons (Fsp3) is 0.208. The highest BCUT2D eigenvalue weighted by Gasteiger charge is 2.26. The van der Waals surface area contributed by atoms with Gasteiger partial charge in [0.15, 0.2) is 11.9 Å². The number of rotatable bonds is 3. The highest BCUT2D eigenvalue weighted by molar-refractivity contribution is 9.10. The summed E-state index contributed by atoms with van der Waals surface area (Å²) in [6, 6.07) is 23.3. The minimum atomic E-state index is -0.0356. The van der Waals surface area contributed by atoms with E-state index in [4.69, 9.17) is 9.72 Å². The zero-order valence-corrected chi connectivity index (χ0v) is 17.3. The average Bonchev–Trinajstić information content (AvgIpc) is 3.08. The number of aryl methyl sites for hydroxylation is 2. The van der Waals surface area contributed by atoms with Crippen LogP contribution >= 0.6 is 15.9 Å². The minimum absolute atomic E-state index is 0.0356. The Kier molecular flexibility index (Phi) is 4.44. The Labute approximate surface area is 173 Å². The fourth-order valence-corrected chi connectivity index (χ4v) is 4.33. The molecule has 0 radical (unpaired) electrons. The van der Waals surface area contributed by atoms with Crippen molar-refractivity contribution in [1.82, 2.24) is 9.55 Å². The molecule has 5 rings (SSSR count). The Morgan fingerprint density at radius 3 is 2.75 bits per heavy atom. The van der Waals surface area contributed by atoms with Crippen molar-refractivity contribution < 1.29 is 4.74 Å². The van der Waals surface area contributed by atoms with Gasteiger partial charge in [-0.15, -0.1) is 0 Å². The molecule has 1 aliphatic heterocycles. The zero-order valence-electron chi connectivity index (χ0n) is 15.7. The van der Waals surface area contributed by atoms with Crippen molar-refractivity contribution in [2.75, 3.05) is 0 Å². The molecule has 1 unspecified atom stereocenters. The highest BCUT2D eigenvalue weighted by Crippen LogP contribution is 2.37. The SMILES string of the molecule is Cc1ccc(Cn2c(C3CCc4cc(Br)ccc4O3)nc3ccccc32)cc1. The van der Waals surface area contributed by atoms with Crippen LogP contribution in [0.3, 0.4) is 0 Å². The molecule has 140 valence electrons. The molecule has 0 saturated carbocycles. The number of nitrogens with zero attached hydrogens (tertiary/aromatic N) is 2. The quantitative estimate of drug-likeness (QED) is 0.384. The van der Waals surface area contributed by atoms with Crippen LogP contribution in [0.5, 0.6) is 5.75 Å². The second-order valence-electron chi connectivity index (χ2n) is 7.43. The number of benzene rings is 3. The van der Waals surface area contributed by atoms with Crippen molar-refractivity contribution in [2.24, 2.45) is 0 Å². The average molecular weight is 433 g/mol. The standard InChI is InChI=1S/C24H21BrN2O/c1-16-6-8-17(9-7-16)15-27-21-5-3-2-4-20(21)26-24(27)23-12-10-18-14-19(25)11-13-22(18)28-23/h2-9,11,13-14,23H,10,12,15H2,1H3. The van der Waals surface area contributed by atoms with Gasteiger partial charge < -0.3 is 9.30 Å². The number of aromatic nitrogens is 2. The van der Waals surface area contributed by atoms with Gasteiger partial charge >= 0.3 is 0 Å². The molecule has 28 heavy (non-hydrogen) atoms. The predicted molar refractivity (Wildman–Crippen MR) is 116 cm³/mol. The second kappa shape index (κ2) is 7.10. The molecular weight excluding hydrogens is 412 g/mol. The Hall–Kier alpha value is -2.59. The van der Waals surface area contributed by atoms with E-state index in [1.165, 1.54) is 16.7 Å². The summed E-state index contributed by atoms with van der Waals surface area (Å²) in [4.78, 5) is 4.97. The fourth-order valence-electron chi connectivity index (χ4n) is 3.92. The first-order chi connectivity index (χ1) is 13.7. The van der Waals surface area contributed by atoms with E-state index < -0.39 is 0 Å². The Balaban J connectivity index is 1.55. The van der Waals surface area contributed by atoms with Crippen LogP contribution in [-0.4, -0.2) is 9.55 Å². The Morgan fingerprint density at radius 2 is 1.89 bits per heavy atom. The summed E-state index contributed by atoms with van der Waals surface area (Å²) in [5, 5.41) is 0. The molecule has 0 amide bonds. The van der Waals surface area contributed by atoms with Gasteiger partial charge in [0.1, 0.15) is 5.75 Å². The second-order valence-corrected chi connectivity index (χ2v) is 8.34. The van der Waals surface area contributed by atoms with Crippen LogP contribution in [0.4, 0.5) is 0 Å². The van der Waals surface area contributed by atoms with E-state index in [0.717, 1.165) is 46.5 Å². The molecule has 0 aliphatic carbocycles. The molecule has 3 aromatic carbocycles. The summed E-state index contributed by atoms with van der Waals surface area (Å²) in [5.74, 6) is 1.98. The number of para-hydroxylation sites is 2. The highest BCUT2D eigenvalue weighted by atomic mass is 79.9. The Bertz CT molecular complexity index is 1150. The molecule has 0 saturated heterocycles. The van der Waals surface area contributed by atoms with Crippen molar-refractivity contribution in [3.63, 3.8) is 0 Å². The molecule has 1 aliphatic rings. The molecule has 2 heterocycles. The molecular formula is C24H21BrN2O. The minimum Gasteiger partial charge on any atom is -0.482 e. The monoisotopic (exact) mass is 432 g/mol. The first-order valence-electron chi connectivity index (χ1n) is 9.63. The van der Waals surface area contributed by atoms with E-state index in [9.17, 15) is 0 Å². The lowest BCUT2D eigenvalue weighted by Gasteiger charge is -2.26. The number of imidazole rings is 1. The van der Waals surface area contributed by atoms with Gasteiger partial charge in [0.2, 0.25) is 0 Å². The predicted octanol–water partition coefficient (Wildman–Crippen LogP) is 6.22. The first kappa shape index (κ1) is 17.5. The lowest BCUT2D eigenvalue weighted by atomic mass is 10.0. The van der Waals surface area contributed by atoms with E-state index in [1.807, 2.05) is 12.1 Å². The van der Waals surface area contributed by atoms with E-state index in [-0.39, 0.29) is 6.10 Å². The summed E-state index contributed by atoms with van der Waals surface area (Å²) < 4.78 is 9.81. The van der Waals surface area contributed by atoms with Crippen molar-refractivity contribution in [2.45, 2.75) is 32.4 Å². The molecule has 4 aromatic rings. The van der Waals surface area contributed by atoms with E-state index >= 15 is 0 Å². The summed E-state index contributed by atoms with van der Waals surface area (Å²) in [7, 11) is 0. The van der Waals surface area contributed by atoms with Crippen molar-refractivity contribution in [1.29, 1.82) is 0 Å². The number of hydrogen-bond acceptors (Lipinski definition) is 2. The van der Waals surface area contributed by atoms with Crippen LogP contribution in [-0.2, 0) is 13.0 Å². The maximum atomic E-state index is 6.40. The van der Waals surface area contributed by atoms with Crippen LogP contribution in [0.1, 0.15) is 35.0 Å². The number of fused-ring (bicyclic) bond motifs is 2. The molecule has 0 spiro atoms.